The van der Waals surface area contributed by atoms with Crippen LogP contribution in [0.1, 0.15) is 40.5 Å². The second-order valence-electron chi connectivity index (χ2n) is 4.65. The minimum Gasteiger partial charge on any atom is -0.458 e. The van der Waals surface area contributed by atoms with Gasteiger partial charge in [-0.15, -0.1) is 6.58 Å². The molecule has 0 aliphatic rings. The van der Waals surface area contributed by atoms with E-state index in [4.69, 9.17) is 4.74 Å². The topological polar surface area (TPSA) is 55.4 Å². The van der Waals surface area contributed by atoms with Crippen LogP contribution in [0.15, 0.2) is 12.7 Å². The van der Waals surface area contributed by atoms with E-state index >= 15 is 0 Å². The molecule has 0 radical (unpaired) electrons. The van der Waals surface area contributed by atoms with Gasteiger partial charge in [-0.3, -0.25) is 4.79 Å². The summed E-state index contributed by atoms with van der Waals surface area (Å²) in [5.74, 6) is -0.585. The van der Waals surface area contributed by atoms with Crippen LogP contribution in [-0.2, 0) is 14.3 Å². The van der Waals surface area contributed by atoms with Gasteiger partial charge in [0.15, 0.2) is 0 Å². The first-order valence-electron chi connectivity index (χ1n) is 5.39. The zero-order chi connectivity index (χ0) is 12.8. The van der Waals surface area contributed by atoms with Crippen molar-refractivity contribution in [3.8, 4) is 0 Å². The summed E-state index contributed by atoms with van der Waals surface area (Å²) in [5, 5.41) is 2.58. The fourth-order valence-electron chi connectivity index (χ4n) is 0.996. The molecule has 0 aromatic rings. The summed E-state index contributed by atoms with van der Waals surface area (Å²) in [6, 6.07) is -0.614. The molecule has 0 rings (SSSR count). The lowest BCUT2D eigenvalue weighted by Gasteiger charge is -2.22. The summed E-state index contributed by atoms with van der Waals surface area (Å²) in [6.45, 7) is 10.5. The van der Waals surface area contributed by atoms with Crippen LogP contribution >= 0.6 is 0 Å². The molecular formula is C12H21NO3. The van der Waals surface area contributed by atoms with Crippen molar-refractivity contribution in [2.75, 3.05) is 0 Å². The van der Waals surface area contributed by atoms with Gasteiger partial charge in [0.2, 0.25) is 5.91 Å². The van der Waals surface area contributed by atoms with Crippen molar-refractivity contribution in [3.05, 3.63) is 12.7 Å². The van der Waals surface area contributed by atoms with Crippen molar-refractivity contribution in [1.29, 1.82) is 0 Å². The second-order valence-corrected chi connectivity index (χ2v) is 4.65. The molecule has 0 aliphatic heterocycles. The van der Waals surface area contributed by atoms with Crippen LogP contribution in [-0.4, -0.2) is 23.5 Å². The maximum atomic E-state index is 11.5. The van der Waals surface area contributed by atoms with E-state index in [1.54, 1.807) is 33.8 Å². The van der Waals surface area contributed by atoms with Crippen LogP contribution in [0.2, 0.25) is 0 Å². The van der Waals surface area contributed by atoms with Crippen molar-refractivity contribution >= 4 is 11.9 Å². The summed E-state index contributed by atoms with van der Waals surface area (Å²) < 4.78 is 5.13. The number of carbonyl (C=O) groups is 2. The molecule has 4 heteroatoms. The Morgan fingerprint density at radius 2 is 2.00 bits per heavy atom. The Labute approximate surface area is 97.1 Å². The highest BCUT2D eigenvalue weighted by atomic mass is 16.6. The molecule has 0 aliphatic carbocycles. The molecule has 1 N–H and O–H groups in total. The monoisotopic (exact) mass is 227 g/mol. The smallest absolute Gasteiger partial charge is 0.328 e. The third-order valence-electron chi connectivity index (χ3n) is 1.71. The standard InChI is InChI=1S/C12H21NO3/c1-6-7-8-10(14)13-9(2)11(15)16-12(3,4)5/h6,9H,1,7-8H2,2-5H3,(H,13,14)/t9-/m1/s1. The quantitative estimate of drug-likeness (QED) is 0.575. The Hall–Kier alpha value is -1.32. The summed E-state index contributed by atoms with van der Waals surface area (Å²) in [5.41, 5.74) is -0.531. The predicted molar refractivity (Wildman–Crippen MR) is 62.9 cm³/mol. The number of ether oxygens (including phenoxy) is 1. The van der Waals surface area contributed by atoms with Gasteiger partial charge in [-0.05, 0) is 34.1 Å². The zero-order valence-corrected chi connectivity index (χ0v) is 10.5. The fraction of sp³-hybridized carbons (Fsp3) is 0.667. The maximum absolute atomic E-state index is 11.5. The number of hydrogen-bond acceptors (Lipinski definition) is 3. The zero-order valence-electron chi connectivity index (χ0n) is 10.5. The van der Waals surface area contributed by atoms with Gasteiger partial charge in [0.05, 0.1) is 0 Å². The van der Waals surface area contributed by atoms with Crippen molar-refractivity contribution in [2.45, 2.75) is 52.2 Å². The molecule has 0 unspecified atom stereocenters. The number of esters is 1. The summed E-state index contributed by atoms with van der Waals surface area (Å²) in [7, 11) is 0. The largest absolute Gasteiger partial charge is 0.458 e. The van der Waals surface area contributed by atoms with Gasteiger partial charge in [-0.2, -0.15) is 0 Å². The van der Waals surface area contributed by atoms with Gasteiger partial charge in [-0.1, -0.05) is 6.08 Å². The summed E-state index contributed by atoms with van der Waals surface area (Å²) in [4.78, 5) is 22.8. The lowest BCUT2D eigenvalue weighted by Crippen LogP contribution is -2.42. The molecular weight excluding hydrogens is 206 g/mol. The van der Waals surface area contributed by atoms with E-state index in [2.05, 4.69) is 11.9 Å². The van der Waals surface area contributed by atoms with Gasteiger partial charge >= 0.3 is 5.97 Å². The van der Waals surface area contributed by atoms with Crippen LogP contribution < -0.4 is 5.32 Å². The first-order valence-corrected chi connectivity index (χ1v) is 5.39. The van der Waals surface area contributed by atoms with E-state index in [-0.39, 0.29) is 5.91 Å². The Kier molecular flexibility index (Phi) is 5.78. The normalized spacial score (nSPS) is 12.8. The van der Waals surface area contributed by atoms with Gasteiger partial charge in [0.25, 0.3) is 0 Å². The number of carbonyl (C=O) groups excluding carboxylic acids is 2. The van der Waals surface area contributed by atoms with E-state index in [0.29, 0.717) is 12.8 Å². The molecule has 4 nitrogen and oxygen atoms in total. The minimum atomic E-state index is -0.614. The number of rotatable bonds is 5. The molecule has 0 aromatic heterocycles. The highest BCUT2D eigenvalue weighted by Crippen LogP contribution is 2.08. The SMILES string of the molecule is C=CCCC(=O)N[C@H](C)C(=O)OC(C)(C)C. The van der Waals surface area contributed by atoms with E-state index < -0.39 is 17.6 Å². The summed E-state index contributed by atoms with van der Waals surface area (Å²) in [6.07, 6.45) is 2.61. The van der Waals surface area contributed by atoms with Crippen LogP contribution in [0.5, 0.6) is 0 Å². The van der Waals surface area contributed by atoms with Gasteiger partial charge in [0, 0.05) is 6.42 Å². The van der Waals surface area contributed by atoms with Crippen molar-refractivity contribution in [1.82, 2.24) is 5.32 Å². The third kappa shape index (κ3) is 7.04. The molecule has 0 spiro atoms. The Balaban J connectivity index is 4.05. The molecule has 0 heterocycles. The molecule has 1 atom stereocenters. The number of nitrogens with one attached hydrogen (secondary N) is 1. The molecule has 0 aromatic carbocycles. The average molecular weight is 227 g/mol. The fourth-order valence-corrected chi connectivity index (χ4v) is 0.996. The van der Waals surface area contributed by atoms with Crippen LogP contribution in [0.25, 0.3) is 0 Å². The summed E-state index contributed by atoms with van der Waals surface area (Å²) >= 11 is 0. The maximum Gasteiger partial charge on any atom is 0.328 e. The lowest BCUT2D eigenvalue weighted by molar-refractivity contribution is -0.158. The average Bonchev–Trinajstić information content (AvgIpc) is 2.11. The van der Waals surface area contributed by atoms with Gasteiger partial charge in [-0.25, -0.2) is 4.79 Å². The Bertz CT molecular complexity index is 266. The highest BCUT2D eigenvalue weighted by Gasteiger charge is 2.22. The first-order chi connectivity index (χ1) is 7.26. The molecule has 0 saturated heterocycles. The lowest BCUT2D eigenvalue weighted by atomic mass is 10.2. The molecule has 0 bridgehead atoms. The molecule has 92 valence electrons. The number of allylic oxidation sites excluding steroid dienone is 1. The molecule has 16 heavy (non-hydrogen) atoms. The van der Waals surface area contributed by atoms with Gasteiger partial charge < -0.3 is 10.1 Å². The van der Waals surface area contributed by atoms with E-state index in [9.17, 15) is 9.59 Å². The van der Waals surface area contributed by atoms with Crippen molar-refractivity contribution in [3.63, 3.8) is 0 Å². The highest BCUT2D eigenvalue weighted by molar-refractivity contribution is 5.84. The van der Waals surface area contributed by atoms with E-state index in [1.165, 1.54) is 0 Å². The second kappa shape index (κ2) is 6.30. The molecule has 0 fully saturated rings. The first kappa shape index (κ1) is 14.7. The molecule has 1 amide bonds. The third-order valence-corrected chi connectivity index (χ3v) is 1.71. The Morgan fingerprint density at radius 3 is 2.44 bits per heavy atom. The number of hydrogen-bond donors (Lipinski definition) is 1. The predicted octanol–water partition coefficient (Wildman–Crippen LogP) is 1.80. The Morgan fingerprint density at radius 1 is 1.44 bits per heavy atom. The van der Waals surface area contributed by atoms with Crippen molar-refractivity contribution in [2.24, 2.45) is 0 Å². The van der Waals surface area contributed by atoms with E-state index in [1.807, 2.05) is 0 Å². The number of amides is 1. The van der Waals surface area contributed by atoms with Crippen LogP contribution in [0, 0.1) is 0 Å². The van der Waals surface area contributed by atoms with E-state index in [0.717, 1.165) is 0 Å². The van der Waals surface area contributed by atoms with Crippen LogP contribution in [0.3, 0.4) is 0 Å². The minimum absolute atomic E-state index is 0.168. The molecule has 0 saturated carbocycles. The van der Waals surface area contributed by atoms with Crippen molar-refractivity contribution < 1.29 is 14.3 Å². The van der Waals surface area contributed by atoms with Crippen LogP contribution in [0.4, 0.5) is 0 Å². The van der Waals surface area contributed by atoms with Gasteiger partial charge in [0.1, 0.15) is 11.6 Å².